The van der Waals surface area contributed by atoms with E-state index < -0.39 is 119 Å². The highest BCUT2D eigenvalue weighted by molar-refractivity contribution is 7.90. The summed E-state index contributed by atoms with van der Waals surface area (Å²) in [4.78, 5) is 110. The number of sulfone groups is 1. The van der Waals surface area contributed by atoms with Crippen LogP contribution in [0.4, 0.5) is 10.5 Å². The van der Waals surface area contributed by atoms with Crippen LogP contribution < -0.4 is 20.3 Å². The van der Waals surface area contributed by atoms with Crippen molar-refractivity contribution in [1.29, 1.82) is 0 Å². The molecule has 0 bridgehead atoms. The molecule has 6 atom stereocenters. The summed E-state index contributed by atoms with van der Waals surface area (Å²) in [5.74, 6) is -5.75. The van der Waals surface area contributed by atoms with Gasteiger partial charge < -0.3 is 64.0 Å². The fourth-order valence-corrected chi connectivity index (χ4v) is 9.74. The summed E-state index contributed by atoms with van der Waals surface area (Å²) in [6.07, 6.45) is -7.90. The first kappa shape index (κ1) is 55.4. The van der Waals surface area contributed by atoms with Gasteiger partial charge in [-0.25, -0.2) is 27.8 Å². The van der Waals surface area contributed by atoms with Gasteiger partial charge in [-0.1, -0.05) is 19.9 Å². The van der Waals surface area contributed by atoms with Crippen molar-refractivity contribution in [3.8, 4) is 22.9 Å². The van der Waals surface area contributed by atoms with Crippen LogP contribution in [-0.2, 0) is 84.6 Å². The lowest BCUT2D eigenvalue weighted by atomic mass is 9.86. The Morgan fingerprint density at radius 1 is 0.961 bits per heavy atom. The summed E-state index contributed by atoms with van der Waals surface area (Å²) < 4.78 is 54.0. The number of aryl methyl sites for hydroxylation is 1. The van der Waals surface area contributed by atoms with Crippen LogP contribution in [0.2, 0.25) is 0 Å². The quantitative estimate of drug-likeness (QED) is 0.0349. The van der Waals surface area contributed by atoms with E-state index in [2.05, 4.69) is 5.32 Å². The number of benzene rings is 2. The Kier molecular flexibility index (Phi) is 15.9. The van der Waals surface area contributed by atoms with Crippen LogP contribution in [0.25, 0.3) is 22.3 Å². The fourth-order valence-electron chi connectivity index (χ4n) is 9.19. The van der Waals surface area contributed by atoms with E-state index in [9.17, 15) is 72.3 Å². The number of aromatic nitrogens is 2. The number of carboxylic acids is 1. The first-order valence-corrected chi connectivity index (χ1v) is 26.1. The van der Waals surface area contributed by atoms with Crippen molar-refractivity contribution in [3.05, 3.63) is 92.8 Å². The third kappa shape index (κ3) is 11.4. The number of hydrogen-bond donors (Lipinski definition) is 6. The highest BCUT2D eigenvalue weighted by Crippen LogP contribution is 2.41. The fraction of sp³-hybridized carbons (Fsp3) is 0.420. The average Bonchev–Trinajstić information content (AvgIpc) is 4.11. The average molecular weight is 1090 g/mol. The Morgan fingerprint density at radius 3 is 2.36 bits per heavy atom. The van der Waals surface area contributed by atoms with Crippen LogP contribution >= 0.6 is 0 Å². The maximum absolute atomic E-state index is 13.8. The molecule has 4 aromatic rings. The van der Waals surface area contributed by atoms with Crippen LogP contribution in [0.5, 0.6) is 11.5 Å². The molecule has 26 nitrogen and oxygen atoms in total. The molecule has 0 aliphatic carbocycles. The van der Waals surface area contributed by atoms with E-state index in [0.29, 0.717) is 28.7 Å². The minimum atomic E-state index is -3.64. The van der Waals surface area contributed by atoms with Crippen LogP contribution in [0, 0.1) is 0 Å². The molecule has 4 aliphatic rings. The largest absolute Gasteiger partial charge is 0.479 e. The van der Waals surface area contributed by atoms with Crippen LogP contribution in [0.1, 0.15) is 54.5 Å². The number of fused-ring (bicyclic) bond motifs is 5. The maximum atomic E-state index is 13.8. The lowest BCUT2D eigenvalue weighted by Crippen LogP contribution is -2.61. The van der Waals surface area contributed by atoms with Crippen molar-refractivity contribution >= 4 is 68.1 Å². The molecule has 2 aromatic carbocycles. The molecule has 6 heterocycles. The molecule has 0 spiro atoms. The third-order valence-corrected chi connectivity index (χ3v) is 14.4. The van der Waals surface area contributed by atoms with E-state index >= 15 is 0 Å². The van der Waals surface area contributed by atoms with E-state index in [-0.39, 0.29) is 73.0 Å². The molecule has 5 unspecified atom stereocenters. The molecule has 0 radical (unpaired) electrons. The molecule has 77 heavy (non-hydrogen) atoms. The molecular weight excluding hydrogens is 1040 g/mol. The Bertz CT molecular complexity index is 3290. The number of aliphatic hydroxyl groups excluding tert-OH is 3. The van der Waals surface area contributed by atoms with Gasteiger partial charge in [-0.3, -0.25) is 33.8 Å². The van der Waals surface area contributed by atoms with Crippen molar-refractivity contribution in [1.82, 2.24) is 24.3 Å². The predicted octanol–water partition coefficient (Wildman–Crippen LogP) is -0.355. The monoisotopic (exact) mass is 1090 g/mol. The van der Waals surface area contributed by atoms with Gasteiger partial charge in [-0.2, -0.15) is 0 Å². The molecule has 410 valence electrons. The number of cyclic esters (lactones) is 1. The van der Waals surface area contributed by atoms with Gasteiger partial charge in [0.15, 0.2) is 18.4 Å². The van der Waals surface area contributed by atoms with Gasteiger partial charge in [-0.05, 0) is 60.4 Å². The van der Waals surface area contributed by atoms with Crippen LogP contribution in [0.15, 0.2) is 59.4 Å². The summed E-state index contributed by atoms with van der Waals surface area (Å²) in [6.45, 7) is 1.10. The lowest BCUT2D eigenvalue weighted by molar-refractivity contribution is -0.271. The number of pyridine rings is 2. The smallest absolute Gasteiger partial charge is 0.412 e. The highest BCUT2D eigenvalue weighted by Gasteiger charge is 2.49. The van der Waals surface area contributed by atoms with Crippen molar-refractivity contribution < 1.29 is 91.2 Å². The number of nitrogens with one attached hydrogen (secondary N) is 1. The lowest BCUT2D eigenvalue weighted by Gasteiger charge is -2.38. The van der Waals surface area contributed by atoms with E-state index in [1.54, 1.807) is 31.2 Å². The second-order valence-corrected chi connectivity index (χ2v) is 20.9. The van der Waals surface area contributed by atoms with Crippen LogP contribution in [-0.4, -0.2) is 176 Å². The van der Waals surface area contributed by atoms with Crippen molar-refractivity contribution in [2.75, 3.05) is 50.7 Å². The first-order valence-electron chi connectivity index (χ1n) is 24.1. The molecular formula is C50H54N6O20S. The van der Waals surface area contributed by atoms with E-state index in [1.807, 2.05) is 6.92 Å². The van der Waals surface area contributed by atoms with Gasteiger partial charge in [0.2, 0.25) is 18.1 Å². The Labute approximate surface area is 437 Å². The van der Waals surface area contributed by atoms with Crippen molar-refractivity contribution in [3.63, 3.8) is 0 Å². The normalized spacial score (nSPS) is 21.5. The summed E-state index contributed by atoms with van der Waals surface area (Å²) in [6, 6.07) is 10.3. The number of carbonyl (C=O) groups is 7. The molecule has 1 saturated heterocycles. The zero-order valence-corrected chi connectivity index (χ0v) is 42.7. The summed E-state index contributed by atoms with van der Waals surface area (Å²) in [7, 11) is -2.36. The number of aliphatic hydroxyl groups is 4. The van der Waals surface area contributed by atoms with E-state index in [1.165, 1.54) is 29.8 Å². The third-order valence-electron chi connectivity index (χ3n) is 13.5. The molecule has 2 aromatic heterocycles. The van der Waals surface area contributed by atoms with Gasteiger partial charge >= 0.3 is 18.0 Å². The standard InChI is InChI=1S/C50H54N6O20S/c1-5-27-28-18-26(8-9-32(28)52-40-29(27)20-56-34(40)19-31-30(45(56)64)23-72-48(67)50(31,69)6-2)74-24-54(15-16-77(4,70)71)49(68)73-22-25-7-10-35(75-47-43(63)41(61)42(62)44(76-47)46(65)66)33(17-25)51-36(57)21-53(3)37(58)13-14-55-38(59)11-12-39(55)60/h7-12,17-19,41-44,47,61-63,69H,5-6,13-16,20-24H2,1-4H3,(H,51,57)(H,65,66)/t41?,42?,43?,44?,47?,50-/m0/s1. The number of hydrogen-bond acceptors (Lipinski definition) is 20. The number of ether oxygens (including phenoxy) is 5. The zero-order valence-electron chi connectivity index (χ0n) is 41.9. The molecule has 27 heteroatoms. The van der Waals surface area contributed by atoms with Gasteiger partial charge in [0.05, 0.1) is 47.0 Å². The zero-order chi connectivity index (χ0) is 55.8. The number of anilines is 1. The molecule has 4 aliphatic heterocycles. The summed E-state index contributed by atoms with van der Waals surface area (Å²) >= 11 is 0. The first-order chi connectivity index (χ1) is 36.4. The maximum Gasteiger partial charge on any atom is 0.412 e. The van der Waals surface area contributed by atoms with Gasteiger partial charge in [0.25, 0.3) is 17.4 Å². The molecule has 8 rings (SSSR count). The molecule has 0 saturated carbocycles. The van der Waals surface area contributed by atoms with Gasteiger partial charge in [-0.15, -0.1) is 0 Å². The second kappa shape index (κ2) is 22.0. The Hall–Kier alpha value is -7.82. The topological polar surface area (TPSA) is 358 Å². The number of aliphatic carboxylic acids is 1. The number of nitrogens with zero attached hydrogens (tertiary/aromatic N) is 5. The summed E-state index contributed by atoms with van der Waals surface area (Å²) in [5, 5.41) is 55.3. The van der Waals surface area contributed by atoms with Crippen molar-refractivity contribution in [2.24, 2.45) is 0 Å². The number of imide groups is 1. The van der Waals surface area contributed by atoms with E-state index in [4.69, 9.17) is 28.7 Å². The number of rotatable bonds is 19. The minimum absolute atomic E-state index is 0.0214. The van der Waals surface area contributed by atoms with Crippen LogP contribution in [0.3, 0.4) is 0 Å². The predicted molar refractivity (Wildman–Crippen MR) is 264 cm³/mol. The van der Waals surface area contributed by atoms with Gasteiger partial charge in [0.1, 0.15) is 52.9 Å². The Balaban J connectivity index is 0.994. The molecule has 6 N–H and O–H groups in total. The van der Waals surface area contributed by atoms with E-state index in [0.717, 1.165) is 44.2 Å². The second-order valence-electron chi connectivity index (χ2n) is 18.7. The number of likely N-dealkylation sites (N-methyl/N-ethyl adjacent to an activating group) is 1. The molecule has 5 amide bonds. The minimum Gasteiger partial charge on any atom is -0.479 e. The SMILES string of the molecule is CCc1c2c(nc3ccc(OCN(CCS(C)(=O)=O)C(=O)OCc4ccc(OC5OC(C(=O)O)C(O)C(O)C5O)c(NC(=O)CN(C)C(=O)CCN5C(=O)C=CC5=O)c4)cc13)-c1cc3c(c(=O)n1C2)COC(=O)[C@]3(O)CC. The summed E-state index contributed by atoms with van der Waals surface area (Å²) in [5.41, 5.74) is 0.883. The van der Waals surface area contributed by atoms with Crippen molar-refractivity contribution in [2.45, 2.75) is 89.2 Å². The Morgan fingerprint density at radius 2 is 1.69 bits per heavy atom. The number of carboxylic acid groups (broad SMARTS) is 1. The number of esters is 1. The van der Waals surface area contributed by atoms with Gasteiger partial charge in [0, 0.05) is 61.5 Å². The number of carbonyl (C=O) groups excluding carboxylic acids is 6. The highest BCUT2D eigenvalue weighted by atomic mass is 32.2. The number of amides is 5. The molecule has 1 fully saturated rings.